The molecule has 1 aromatic carbocycles. The van der Waals surface area contributed by atoms with E-state index in [1.54, 1.807) is 37.4 Å². The maximum absolute atomic E-state index is 13.0. The largest absolute Gasteiger partial charge is 0.434 e. The Balaban J connectivity index is 1.33. The minimum atomic E-state index is -3.38. The van der Waals surface area contributed by atoms with E-state index in [-0.39, 0.29) is 18.9 Å². The van der Waals surface area contributed by atoms with Crippen molar-refractivity contribution >= 4 is 28.3 Å². The van der Waals surface area contributed by atoms with Gasteiger partial charge in [-0.1, -0.05) is 22.5 Å². The SMILES string of the molecule is CN([C@H]1COC2(CCN(C(=O)ON3C(=O)CCC3=O)CC2)C1)[S+](=O)(O)c1ccccc1. The molecule has 2 atom stereocenters. The highest BCUT2D eigenvalue weighted by Crippen LogP contribution is 2.39. The van der Waals surface area contributed by atoms with Crippen molar-refractivity contribution in [2.75, 3.05) is 26.7 Å². The summed E-state index contributed by atoms with van der Waals surface area (Å²) >= 11 is 0. The summed E-state index contributed by atoms with van der Waals surface area (Å²) < 4.78 is 31.2. The first kappa shape index (κ1) is 21.9. The number of rotatable bonds is 4. The van der Waals surface area contributed by atoms with Gasteiger partial charge in [-0.3, -0.25) is 9.59 Å². The van der Waals surface area contributed by atoms with Crippen LogP contribution in [-0.2, 0) is 33.8 Å². The number of likely N-dealkylation sites (tertiary alicyclic amines) is 1. The molecule has 0 aliphatic carbocycles. The van der Waals surface area contributed by atoms with E-state index >= 15 is 0 Å². The van der Waals surface area contributed by atoms with Crippen molar-refractivity contribution < 1.29 is 32.7 Å². The predicted octanol–water partition coefficient (Wildman–Crippen LogP) is 1.69. The molecule has 168 valence electrons. The average molecular weight is 453 g/mol. The summed E-state index contributed by atoms with van der Waals surface area (Å²) in [4.78, 5) is 42.4. The first-order valence-electron chi connectivity index (χ1n) is 10.2. The highest BCUT2D eigenvalue weighted by atomic mass is 32.3. The molecule has 31 heavy (non-hydrogen) atoms. The average Bonchev–Trinajstić information content (AvgIpc) is 3.32. The smallest absolute Gasteiger partial charge is 0.373 e. The standard InChI is InChI=1S/C20H25N3O7S/c1-21(31(27,28)16-5-3-2-4-6-16)15-13-20(29-14-15)9-11-22(12-10-20)19(26)30-23-17(24)7-8-18(23)25/h2-6,15H,7-14H2,1H3/p+1/t15-/m1/s1. The molecule has 3 amide bonds. The van der Waals surface area contributed by atoms with E-state index in [1.807, 2.05) is 0 Å². The molecule has 1 unspecified atom stereocenters. The molecule has 4 rings (SSSR count). The van der Waals surface area contributed by atoms with E-state index in [0.717, 1.165) is 0 Å². The van der Waals surface area contributed by atoms with E-state index in [9.17, 15) is 23.1 Å². The van der Waals surface area contributed by atoms with Gasteiger partial charge in [0.15, 0.2) is 0 Å². The van der Waals surface area contributed by atoms with Gasteiger partial charge in [0.25, 0.3) is 11.8 Å². The topological polar surface area (TPSA) is 117 Å². The summed E-state index contributed by atoms with van der Waals surface area (Å²) in [6.07, 6.45) is 1.01. The van der Waals surface area contributed by atoms with Crippen molar-refractivity contribution in [3.8, 4) is 0 Å². The fourth-order valence-electron chi connectivity index (χ4n) is 4.26. The van der Waals surface area contributed by atoms with E-state index in [4.69, 9.17) is 9.57 Å². The first-order valence-corrected chi connectivity index (χ1v) is 11.7. The van der Waals surface area contributed by atoms with Crippen LogP contribution in [0.2, 0.25) is 0 Å². The Bertz CT molecular complexity index is 901. The highest BCUT2D eigenvalue weighted by molar-refractivity contribution is 7.95. The Morgan fingerprint density at radius 3 is 2.42 bits per heavy atom. The van der Waals surface area contributed by atoms with Crippen LogP contribution in [0.3, 0.4) is 0 Å². The maximum Gasteiger partial charge on any atom is 0.434 e. The number of carbonyl (C=O) groups excluding carboxylic acids is 3. The third kappa shape index (κ3) is 4.22. The number of hydrogen-bond donors (Lipinski definition) is 1. The van der Waals surface area contributed by atoms with Crippen molar-refractivity contribution in [1.82, 2.24) is 14.3 Å². The lowest BCUT2D eigenvalue weighted by Gasteiger charge is -2.38. The van der Waals surface area contributed by atoms with Crippen LogP contribution in [0.25, 0.3) is 0 Å². The molecule has 0 radical (unpaired) electrons. The van der Waals surface area contributed by atoms with Crippen molar-refractivity contribution in [3.05, 3.63) is 30.3 Å². The van der Waals surface area contributed by atoms with Crippen molar-refractivity contribution in [3.63, 3.8) is 0 Å². The summed E-state index contributed by atoms with van der Waals surface area (Å²) in [6, 6.07) is 8.26. The lowest BCUT2D eigenvalue weighted by molar-refractivity contribution is -0.174. The molecule has 10 nitrogen and oxygen atoms in total. The quantitative estimate of drug-likeness (QED) is 0.546. The molecule has 11 heteroatoms. The van der Waals surface area contributed by atoms with Crippen LogP contribution in [0.4, 0.5) is 4.79 Å². The fraction of sp³-hybridized carbons (Fsp3) is 0.550. The molecular weight excluding hydrogens is 426 g/mol. The van der Waals surface area contributed by atoms with Gasteiger partial charge in [0, 0.05) is 33.0 Å². The predicted molar refractivity (Wildman–Crippen MR) is 109 cm³/mol. The van der Waals surface area contributed by atoms with Gasteiger partial charge < -0.3 is 14.5 Å². The van der Waals surface area contributed by atoms with Gasteiger partial charge in [0.2, 0.25) is 4.90 Å². The molecule has 1 aromatic rings. The molecule has 3 heterocycles. The lowest BCUT2D eigenvalue weighted by atomic mass is 9.87. The van der Waals surface area contributed by atoms with Crippen molar-refractivity contribution in [1.29, 1.82) is 0 Å². The van der Waals surface area contributed by atoms with E-state index in [0.29, 0.717) is 48.9 Å². The van der Waals surface area contributed by atoms with Gasteiger partial charge in [-0.05, 0) is 35.6 Å². The Kier molecular flexibility index (Phi) is 5.86. The number of carbonyl (C=O) groups is 3. The number of amides is 3. The van der Waals surface area contributed by atoms with Crippen LogP contribution in [0, 0.1) is 0 Å². The van der Waals surface area contributed by atoms with Crippen LogP contribution in [0.15, 0.2) is 35.2 Å². The van der Waals surface area contributed by atoms with Gasteiger partial charge in [-0.2, -0.15) is 4.55 Å². The molecule has 0 saturated carbocycles. The number of hydroxylamine groups is 2. The van der Waals surface area contributed by atoms with Crippen LogP contribution in [0.5, 0.6) is 0 Å². The van der Waals surface area contributed by atoms with Gasteiger partial charge >= 0.3 is 16.5 Å². The molecule has 1 spiro atoms. The molecule has 1 N–H and O–H groups in total. The summed E-state index contributed by atoms with van der Waals surface area (Å²) in [6.45, 7) is 1.01. The maximum atomic E-state index is 13.0. The number of ether oxygens (including phenoxy) is 1. The number of piperidine rings is 1. The Morgan fingerprint density at radius 2 is 1.81 bits per heavy atom. The number of likely N-dealkylation sites (N-methyl/N-ethyl adjacent to an activating group) is 1. The molecule has 0 bridgehead atoms. The summed E-state index contributed by atoms with van der Waals surface area (Å²) in [5.41, 5.74) is -0.485. The van der Waals surface area contributed by atoms with E-state index in [2.05, 4.69) is 0 Å². The number of hydrogen-bond acceptors (Lipinski definition) is 6. The van der Waals surface area contributed by atoms with Crippen LogP contribution in [0.1, 0.15) is 32.1 Å². The zero-order chi connectivity index (χ0) is 22.2. The first-order chi connectivity index (χ1) is 14.7. The van der Waals surface area contributed by atoms with Gasteiger partial charge in [0.05, 0.1) is 18.2 Å². The Morgan fingerprint density at radius 1 is 1.19 bits per heavy atom. The molecule has 3 saturated heterocycles. The molecule has 3 aliphatic heterocycles. The van der Waals surface area contributed by atoms with Gasteiger partial charge in [0.1, 0.15) is 0 Å². The minimum Gasteiger partial charge on any atom is -0.373 e. The third-order valence-corrected chi connectivity index (χ3v) is 8.22. The number of imide groups is 1. The molecular formula is C20H26N3O7S+. The van der Waals surface area contributed by atoms with Crippen LogP contribution < -0.4 is 0 Å². The van der Waals surface area contributed by atoms with Crippen LogP contribution in [-0.4, -0.2) is 75.1 Å². The normalized spacial score (nSPS) is 25.3. The molecule has 0 aromatic heterocycles. The second-order valence-electron chi connectivity index (χ2n) is 8.13. The monoisotopic (exact) mass is 452 g/mol. The van der Waals surface area contributed by atoms with Crippen molar-refractivity contribution in [2.24, 2.45) is 0 Å². The van der Waals surface area contributed by atoms with Crippen LogP contribution >= 0.6 is 0 Å². The third-order valence-electron chi connectivity index (χ3n) is 6.25. The van der Waals surface area contributed by atoms with E-state index < -0.39 is 33.9 Å². The summed E-state index contributed by atoms with van der Waals surface area (Å²) in [5.74, 6) is -1.02. The zero-order valence-corrected chi connectivity index (χ0v) is 18.1. The number of nitrogens with zero attached hydrogens (tertiary/aromatic N) is 3. The fourth-order valence-corrected chi connectivity index (χ4v) is 5.64. The highest BCUT2D eigenvalue weighted by Gasteiger charge is 2.50. The summed E-state index contributed by atoms with van der Waals surface area (Å²) in [5, 5.41) is 0.547. The lowest BCUT2D eigenvalue weighted by Crippen LogP contribution is -2.49. The second kappa shape index (κ2) is 8.30. The van der Waals surface area contributed by atoms with E-state index in [1.165, 1.54) is 9.21 Å². The zero-order valence-electron chi connectivity index (χ0n) is 17.3. The number of benzene rings is 1. The second-order valence-corrected chi connectivity index (χ2v) is 10.2. The summed E-state index contributed by atoms with van der Waals surface area (Å²) in [7, 11) is -1.75. The minimum absolute atomic E-state index is 0.0506. The Hall–Kier alpha value is -2.34. The molecule has 3 aliphatic rings. The van der Waals surface area contributed by atoms with Gasteiger partial charge in [-0.25, -0.2) is 4.79 Å². The Labute approximate surface area is 181 Å². The van der Waals surface area contributed by atoms with Gasteiger partial charge in [-0.15, -0.1) is 5.06 Å². The van der Waals surface area contributed by atoms with Crippen molar-refractivity contribution in [2.45, 2.75) is 48.6 Å². The molecule has 3 fully saturated rings.